The van der Waals surface area contributed by atoms with Crippen molar-refractivity contribution in [3.63, 3.8) is 0 Å². The molecule has 2 N–H and O–H groups in total. The van der Waals surface area contributed by atoms with Crippen LogP contribution >= 0.6 is 0 Å². The molecule has 0 heterocycles. The van der Waals surface area contributed by atoms with E-state index in [1.165, 1.54) is 26.4 Å². The number of sulfonamides is 1. The van der Waals surface area contributed by atoms with Gasteiger partial charge in [0, 0.05) is 6.54 Å². The minimum Gasteiger partial charge on any atom is -0.495 e. The summed E-state index contributed by atoms with van der Waals surface area (Å²) in [5, 5.41) is 8.90. The molecule has 0 fully saturated rings. The monoisotopic (exact) mass is 317 g/mol. The number of esters is 1. The molecule has 1 aromatic carbocycles. The SMILES string of the molecule is COC(=O)CCNS(=O)(=O)c1cc(C(=O)O)ccc1OC. The van der Waals surface area contributed by atoms with Crippen molar-refractivity contribution in [1.29, 1.82) is 0 Å². The summed E-state index contributed by atoms with van der Waals surface area (Å²) in [7, 11) is -1.55. The Morgan fingerprint density at radius 3 is 2.48 bits per heavy atom. The van der Waals surface area contributed by atoms with Crippen LogP contribution in [0.15, 0.2) is 23.1 Å². The van der Waals surface area contributed by atoms with E-state index >= 15 is 0 Å². The van der Waals surface area contributed by atoms with Gasteiger partial charge in [0.05, 0.1) is 26.2 Å². The zero-order chi connectivity index (χ0) is 16.0. The van der Waals surface area contributed by atoms with Crippen LogP contribution in [0.3, 0.4) is 0 Å². The summed E-state index contributed by atoms with van der Waals surface area (Å²) in [5.41, 5.74) is -0.191. The normalized spacial score (nSPS) is 11.0. The van der Waals surface area contributed by atoms with Crippen LogP contribution in [0.2, 0.25) is 0 Å². The van der Waals surface area contributed by atoms with Crippen molar-refractivity contribution in [2.24, 2.45) is 0 Å². The van der Waals surface area contributed by atoms with E-state index in [1.807, 2.05) is 0 Å². The molecular weight excluding hydrogens is 302 g/mol. The number of carboxylic acid groups (broad SMARTS) is 1. The third kappa shape index (κ3) is 4.43. The van der Waals surface area contributed by atoms with Crippen molar-refractivity contribution in [3.8, 4) is 5.75 Å². The van der Waals surface area contributed by atoms with Crippen molar-refractivity contribution in [1.82, 2.24) is 4.72 Å². The summed E-state index contributed by atoms with van der Waals surface area (Å²) in [6.45, 7) is -0.171. The van der Waals surface area contributed by atoms with E-state index in [4.69, 9.17) is 9.84 Å². The number of rotatable bonds is 7. The van der Waals surface area contributed by atoms with Gasteiger partial charge in [-0.15, -0.1) is 0 Å². The van der Waals surface area contributed by atoms with Gasteiger partial charge in [-0.05, 0) is 18.2 Å². The molecule has 0 unspecified atom stereocenters. The first-order chi connectivity index (χ1) is 9.81. The van der Waals surface area contributed by atoms with Crippen LogP contribution in [0.5, 0.6) is 5.75 Å². The minimum absolute atomic E-state index is 0.00516. The standard InChI is InChI=1S/C12H15NO7S/c1-19-9-4-3-8(12(15)16)7-10(9)21(17,18)13-6-5-11(14)20-2/h3-4,7,13H,5-6H2,1-2H3,(H,15,16). The van der Waals surface area contributed by atoms with Gasteiger partial charge in [-0.1, -0.05) is 0 Å². The Balaban J connectivity index is 3.03. The van der Waals surface area contributed by atoms with E-state index in [0.29, 0.717) is 0 Å². The lowest BCUT2D eigenvalue weighted by Gasteiger charge is -2.11. The number of carboxylic acids is 1. The number of benzene rings is 1. The Kier molecular flexibility index (Phi) is 5.68. The van der Waals surface area contributed by atoms with Crippen molar-refractivity contribution in [3.05, 3.63) is 23.8 Å². The number of ether oxygens (including phenoxy) is 2. The first-order valence-electron chi connectivity index (χ1n) is 5.79. The molecule has 0 aliphatic carbocycles. The van der Waals surface area contributed by atoms with Crippen LogP contribution in [0.1, 0.15) is 16.8 Å². The van der Waals surface area contributed by atoms with Crippen LogP contribution in [0.25, 0.3) is 0 Å². The van der Waals surface area contributed by atoms with E-state index in [0.717, 1.165) is 6.07 Å². The fraction of sp³-hybridized carbons (Fsp3) is 0.333. The predicted octanol–water partition coefficient (Wildman–Crippen LogP) is 0.235. The van der Waals surface area contributed by atoms with Crippen LogP contribution in [-0.4, -0.2) is 46.2 Å². The topological polar surface area (TPSA) is 119 Å². The number of methoxy groups -OCH3 is 2. The second-order valence-corrected chi connectivity index (χ2v) is 5.63. The summed E-state index contributed by atoms with van der Waals surface area (Å²) in [4.78, 5) is 21.5. The lowest BCUT2D eigenvalue weighted by atomic mass is 10.2. The molecule has 0 aliphatic heterocycles. The maximum absolute atomic E-state index is 12.1. The molecule has 0 bridgehead atoms. The lowest BCUT2D eigenvalue weighted by Crippen LogP contribution is -2.27. The zero-order valence-corrected chi connectivity index (χ0v) is 12.3. The number of carbonyl (C=O) groups is 2. The number of nitrogens with one attached hydrogen (secondary N) is 1. The first kappa shape index (κ1) is 16.9. The Hall–Kier alpha value is -2.13. The second-order valence-electron chi connectivity index (χ2n) is 3.89. The van der Waals surface area contributed by atoms with E-state index in [-0.39, 0.29) is 29.2 Å². The Labute approximate surface area is 121 Å². The maximum Gasteiger partial charge on any atom is 0.335 e. The third-order valence-electron chi connectivity index (χ3n) is 2.55. The van der Waals surface area contributed by atoms with E-state index in [9.17, 15) is 18.0 Å². The molecule has 8 nitrogen and oxygen atoms in total. The molecule has 0 spiro atoms. The van der Waals surface area contributed by atoms with Gasteiger partial charge in [0.1, 0.15) is 10.6 Å². The first-order valence-corrected chi connectivity index (χ1v) is 7.28. The van der Waals surface area contributed by atoms with Crippen LogP contribution < -0.4 is 9.46 Å². The van der Waals surface area contributed by atoms with Crippen LogP contribution in [-0.2, 0) is 19.6 Å². The van der Waals surface area contributed by atoms with E-state index in [2.05, 4.69) is 9.46 Å². The predicted molar refractivity (Wildman–Crippen MR) is 71.8 cm³/mol. The molecule has 21 heavy (non-hydrogen) atoms. The van der Waals surface area contributed by atoms with Crippen molar-refractivity contribution in [2.45, 2.75) is 11.3 Å². The van der Waals surface area contributed by atoms with Gasteiger partial charge in [0.15, 0.2) is 0 Å². The van der Waals surface area contributed by atoms with Crippen LogP contribution in [0.4, 0.5) is 0 Å². The van der Waals surface area contributed by atoms with E-state index in [1.54, 1.807) is 0 Å². The quantitative estimate of drug-likeness (QED) is 0.691. The summed E-state index contributed by atoms with van der Waals surface area (Å²) in [6.07, 6.45) is -0.142. The smallest absolute Gasteiger partial charge is 0.335 e. The highest BCUT2D eigenvalue weighted by Crippen LogP contribution is 2.24. The summed E-state index contributed by atoms with van der Waals surface area (Å²) in [6, 6.07) is 3.47. The molecular formula is C12H15NO7S. The molecule has 116 valence electrons. The molecule has 0 atom stereocenters. The average Bonchev–Trinajstić information content (AvgIpc) is 2.45. The van der Waals surface area contributed by atoms with Crippen molar-refractivity contribution >= 4 is 22.0 Å². The highest BCUT2D eigenvalue weighted by Gasteiger charge is 2.21. The fourth-order valence-corrected chi connectivity index (χ4v) is 2.71. The summed E-state index contributed by atoms with van der Waals surface area (Å²) >= 11 is 0. The second kappa shape index (κ2) is 7.04. The highest BCUT2D eigenvalue weighted by atomic mass is 32.2. The zero-order valence-electron chi connectivity index (χ0n) is 11.5. The van der Waals surface area contributed by atoms with Gasteiger partial charge in [-0.3, -0.25) is 4.79 Å². The Morgan fingerprint density at radius 2 is 1.95 bits per heavy atom. The Morgan fingerprint density at radius 1 is 1.29 bits per heavy atom. The Bertz CT molecular complexity index is 639. The van der Waals surface area contributed by atoms with Gasteiger partial charge in [-0.25, -0.2) is 17.9 Å². The maximum atomic E-state index is 12.1. The van der Waals surface area contributed by atoms with Gasteiger partial charge in [0.25, 0.3) is 0 Å². The van der Waals surface area contributed by atoms with Crippen molar-refractivity contribution in [2.75, 3.05) is 20.8 Å². The van der Waals surface area contributed by atoms with Gasteiger partial charge in [0.2, 0.25) is 10.0 Å². The molecule has 0 aromatic heterocycles. The summed E-state index contributed by atoms with van der Waals surface area (Å²) in [5.74, 6) is -1.82. The van der Waals surface area contributed by atoms with Crippen molar-refractivity contribution < 1.29 is 32.6 Å². The van der Waals surface area contributed by atoms with Crippen LogP contribution in [0, 0.1) is 0 Å². The van der Waals surface area contributed by atoms with Gasteiger partial charge in [-0.2, -0.15) is 0 Å². The molecule has 9 heteroatoms. The largest absolute Gasteiger partial charge is 0.495 e. The molecule has 1 aromatic rings. The van der Waals surface area contributed by atoms with E-state index < -0.39 is 22.0 Å². The molecule has 0 aliphatic rings. The lowest BCUT2D eigenvalue weighted by molar-refractivity contribution is -0.140. The number of aromatic carboxylic acids is 1. The molecule has 0 radical (unpaired) electrons. The molecule has 0 amide bonds. The molecule has 0 saturated carbocycles. The molecule has 0 saturated heterocycles. The number of hydrogen-bond donors (Lipinski definition) is 2. The van der Waals surface area contributed by atoms with Gasteiger partial charge >= 0.3 is 11.9 Å². The third-order valence-corrected chi connectivity index (χ3v) is 4.03. The highest BCUT2D eigenvalue weighted by molar-refractivity contribution is 7.89. The minimum atomic E-state index is -4.01. The fourth-order valence-electron chi connectivity index (χ4n) is 1.49. The number of hydrogen-bond acceptors (Lipinski definition) is 6. The average molecular weight is 317 g/mol. The van der Waals surface area contributed by atoms with Gasteiger partial charge < -0.3 is 14.6 Å². The number of carbonyl (C=O) groups excluding carboxylic acids is 1. The molecule has 1 rings (SSSR count). The summed E-state index contributed by atoms with van der Waals surface area (Å²) < 4.78 is 35.7.